The highest BCUT2D eigenvalue weighted by Crippen LogP contribution is 2.47. The van der Waals surface area contributed by atoms with Crippen LogP contribution in [-0.4, -0.2) is 54.5 Å². The molecule has 1 aromatic rings. The van der Waals surface area contributed by atoms with Crippen molar-refractivity contribution in [1.29, 1.82) is 0 Å². The Bertz CT molecular complexity index is 727. The van der Waals surface area contributed by atoms with Crippen molar-refractivity contribution in [2.45, 2.75) is 38.1 Å². The number of halogens is 1. The molecule has 152 valence electrons. The monoisotopic (exact) mass is 403 g/mol. The lowest BCUT2D eigenvalue weighted by atomic mass is 9.63. The number of rotatable bonds is 4. The number of carbonyl (C=O) groups is 1. The molecule has 2 fully saturated rings. The first-order valence-electron chi connectivity index (χ1n) is 10.4. The Morgan fingerprint density at radius 2 is 2.00 bits per heavy atom. The lowest BCUT2D eigenvalue weighted by molar-refractivity contribution is 0.0306. The molecule has 28 heavy (non-hydrogen) atoms. The van der Waals surface area contributed by atoms with Crippen LogP contribution in [0.5, 0.6) is 0 Å². The second-order valence-corrected chi connectivity index (χ2v) is 8.90. The molecule has 1 atom stereocenters. The number of nitrogens with zero attached hydrogens (tertiary/aromatic N) is 2. The largest absolute Gasteiger partial charge is 0.459 e. The SMILES string of the molecule is NCC1(C2C=CC=C(Cl)C2)CCC(N2CCN(C(=O)c3ccco3)CC2)CC1. The fourth-order valence-corrected chi connectivity index (χ4v) is 5.42. The van der Waals surface area contributed by atoms with Gasteiger partial charge in [-0.3, -0.25) is 9.69 Å². The molecule has 1 unspecified atom stereocenters. The van der Waals surface area contributed by atoms with Gasteiger partial charge in [0.25, 0.3) is 5.91 Å². The van der Waals surface area contributed by atoms with Gasteiger partial charge < -0.3 is 15.1 Å². The molecule has 6 heteroatoms. The zero-order valence-corrected chi connectivity index (χ0v) is 17.1. The lowest BCUT2D eigenvalue weighted by Gasteiger charge is -2.48. The highest BCUT2D eigenvalue weighted by molar-refractivity contribution is 6.29. The third-order valence-electron chi connectivity index (χ3n) is 7.03. The van der Waals surface area contributed by atoms with Gasteiger partial charge in [0.2, 0.25) is 0 Å². The summed E-state index contributed by atoms with van der Waals surface area (Å²) in [4.78, 5) is 16.9. The summed E-state index contributed by atoms with van der Waals surface area (Å²) in [6.45, 7) is 4.13. The maximum absolute atomic E-state index is 12.4. The molecule has 1 aromatic heterocycles. The van der Waals surface area contributed by atoms with E-state index in [9.17, 15) is 4.79 Å². The van der Waals surface area contributed by atoms with Gasteiger partial charge in [0.1, 0.15) is 0 Å². The van der Waals surface area contributed by atoms with Gasteiger partial charge in [0.15, 0.2) is 5.76 Å². The molecular weight excluding hydrogens is 374 g/mol. The summed E-state index contributed by atoms with van der Waals surface area (Å²) in [5.74, 6) is 0.898. The van der Waals surface area contributed by atoms with Crippen LogP contribution in [-0.2, 0) is 0 Å². The zero-order chi connectivity index (χ0) is 19.6. The van der Waals surface area contributed by atoms with Crippen LogP contribution in [0.4, 0.5) is 0 Å². The number of carbonyl (C=O) groups excluding carboxylic acids is 1. The van der Waals surface area contributed by atoms with E-state index >= 15 is 0 Å². The molecule has 0 spiro atoms. The number of hydrogen-bond acceptors (Lipinski definition) is 4. The Morgan fingerprint density at radius 3 is 2.61 bits per heavy atom. The lowest BCUT2D eigenvalue weighted by Crippen LogP contribution is -2.54. The summed E-state index contributed by atoms with van der Waals surface area (Å²) in [5.41, 5.74) is 6.45. The Labute approximate surface area is 172 Å². The van der Waals surface area contributed by atoms with E-state index in [-0.39, 0.29) is 11.3 Å². The van der Waals surface area contributed by atoms with Crippen LogP contribution in [0.1, 0.15) is 42.7 Å². The number of furan rings is 1. The minimum atomic E-state index is 0.00413. The number of piperazine rings is 1. The van der Waals surface area contributed by atoms with Crippen molar-refractivity contribution < 1.29 is 9.21 Å². The first-order valence-corrected chi connectivity index (χ1v) is 10.8. The second kappa shape index (κ2) is 8.44. The van der Waals surface area contributed by atoms with Gasteiger partial charge in [-0.2, -0.15) is 0 Å². The van der Waals surface area contributed by atoms with Crippen molar-refractivity contribution in [2.24, 2.45) is 17.1 Å². The van der Waals surface area contributed by atoms with Gasteiger partial charge in [0.05, 0.1) is 6.26 Å². The average molecular weight is 404 g/mol. The Kier molecular flexibility index (Phi) is 5.95. The van der Waals surface area contributed by atoms with Crippen LogP contribution in [0.15, 0.2) is 46.1 Å². The molecule has 0 bridgehead atoms. The third kappa shape index (κ3) is 3.93. The summed E-state index contributed by atoms with van der Waals surface area (Å²) in [5, 5.41) is 0.944. The standard InChI is InChI=1S/C22H30ClN3O2/c23-18-4-1-3-17(15-18)22(16-24)8-6-19(7-9-22)25-10-12-26(13-11-25)21(27)20-5-2-14-28-20/h1-5,14,17,19H,6-13,15-16,24H2. The quantitative estimate of drug-likeness (QED) is 0.833. The predicted molar refractivity (Wildman–Crippen MR) is 111 cm³/mol. The molecule has 1 aliphatic heterocycles. The summed E-state index contributed by atoms with van der Waals surface area (Å²) >= 11 is 6.30. The molecule has 0 radical (unpaired) electrons. The summed E-state index contributed by atoms with van der Waals surface area (Å²) < 4.78 is 5.26. The average Bonchev–Trinajstić information content (AvgIpc) is 3.28. The second-order valence-electron chi connectivity index (χ2n) is 8.41. The van der Waals surface area contributed by atoms with E-state index in [0.717, 1.165) is 57.0 Å². The van der Waals surface area contributed by atoms with E-state index < -0.39 is 0 Å². The van der Waals surface area contributed by atoms with Crippen molar-refractivity contribution in [2.75, 3.05) is 32.7 Å². The van der Waals surface area contributed by atoms with Gasteiger partial charge >= 0.3 is 0 Å². The van der Waals surface area contributed by atoms with Crippen LogP contribution < -0.4 is 5.73 Å². The minimum Gasteiger partial charge on any atom is -0.459 e. The molecule has 2 N–H and O–H groups in total. The third-order valence-corrected chi connectivity index (χ3v) is 7.31. The Hall–Kier alpha value is -1.56. The molecular formula is C22H30ClN3O2. The van der Waals surface area contributed by atoms with E-state index in [4.69, 9.17) is 21.8 Å². The van der Waals surface area contributed by atoms with Gasteiger partial charge in [-0.05, 0) is 68.2 Å². The minimum absolute atomic E-state index is 0.00413. The Morgan fingerprint density at radius 1 is 1.25 bits per heavy atom. The van der Waals surface area contributed by atoms with Crippen molar-refractivity contribution >= 4 is 17.5 Å². The summed E-state index contributed by atoms with van der Waals surface area (Å²) in [6, 6.07) is 4.10. The summed E-state index contributed by atoms with van der Waals surface area (Å²) in [6.07, 6.45) is 13.5. The van der Waals surface area contributed by atoms with Crippen LogP contribution in [0, 0.1) is 11.3 Å². The molecule has 1 amide bonds. The van der Waals surface area contributed by atoms with Gasteiger partial charge in [0, 0.05) is 37.3 Å². The van der Waals surface area contributed by atoms with Crippen molar-refractivity contribution in [3.05, 3.63) is 47.4 Å². The number of amides is 1. The van der Waals surface area contributed by atoms with Crippen molar-refractivity contribution in [1.82, 2.24) is 9.80 Å². The number of hydrogen-bond donors (Lipinski definition) is 1. The molecule has 4 rings (SSSR count). The number of allylic oxidation sites excluding steroid dienone is 4. The fourth-order valence-electron chi connectivity index (χ4n) is 5.18. The van der Waals surface area contributed by atoms with Crippen LogP contribution >= 0.6 is 11.6 Å². The highest BCUT2D eigenvalue weighted by Gasteiger charge is 2.42. The molecule has 2 heterocycles. The van der Waals surface area contributed by atoms with Crippen molar-refractivity contribution in [3.63, 3.8) is 0 Å². The van der Waals surface area contributed by atoms with Gasteiger partial charge in [-0.1, -0.05) is 23.8 Å². The van der Waals surface area contributed by atoms with E-state index in [1.807, 2.05) is 11.0 Å². The van der Waals surface area contributed by atoms with Crippen LogP contribution in [0.2, 0.25) is 0 Å². The highest BCUT2D eigenvalue weighted by atomic mass is 35.5. The Balaban J connectivity index is 1.30. The zero-order valence-electron chi connectivity index (χ0n) is 16.4. The molecule has 0 aromatic carbocycles. The first kappa shape index (κ1) is 19.7. The van der Waals surface area contributed by atoms with Crippen LogP contribution in [0.25, 0.3) is 0 Å². The first-order chi connectivity index (χ1) is 13.6. The maximum atomic E-state index is 12.4. The summed E-state index contributed by atoms with van der Waals surface area (Å²) in [7, 11) is 0. The number of nitrogens with two attached hydrogens (primary N) is 1. The fraction of sp³-hybridized carbons (Fsp3) is 0.591. The van der Waals surface area contributed by atoms with E-state index in [1.54, 1.807) is 18.4 Å². The van der Waals surface area contributed by atoms with Gasteiger partial charge in [-0.15, -0.1) is 0 Å². The maximum Gasteiger partial charge on any atom is 0.289 e. The topological polar surface area (TPSA) is 62.7 Å². The van der Waals surface area contributed by atoms with E-state index in [1.165, 1.54) is 12.8 Å². The van der Waals surface area contributed by atoms with E-state index in [2.05, 4.69) is 17.1 Å². The van der Waals surface area contributed by atoms with Gasteiger partial charge in [-0.25, -0.2) is 0 Å². The molecule has 1 saturated heterocycles. The molecule has 1 saturated carbocycles. The molecule has 2 aliphatic carbocycles. The van der Waals surface area contributed by atoms with E-state index in [0.29, 0.717) is 17.7 Å². The normalized spacial score (nSPS) is 31.6. The van der Waals surface area contributed by atoms with Crippen molar-refractivity contribution in [3.8, 4) is 0 Å². The smallest absolute Gasteiger partial charge is 0.289 e. The van der Waals surface area contributed by atoms with Crippen LogP contribution in [0.3, 0.4) is 0 Å². The molecule has 3 aliphatic rings. The predicted octanol–water partition coefficient (Wildman–Crippen LogP) is 3.62. The molecule has 5 nitrogen and oxygen atoms in total.